The molecule has 1 aliphatic rings. The number of rotatable bonds is 3. The normalized spacial score (nSPS) is 20.9. The van der Waals surface area contributed by atoms with Crippen LogP contribution in [-0.4, -0.2) is 17.4 Å². The lowest BCUT2D eigenvalue weighted by Crippen LogP contribution is -2.28. The minimum Gasteiger partial charge on any atom is -0.335 e. The number of benzene rings is 1. The van der Waals surface area contributed by atoms with E-state index in [0.717, 1.165) is 6.54 Å². The van der Waals surface area contributed by atoms with E-state index in [1.54, 1.807) is 0 Å². The molecule has 1 amide bonds. The summed E-state index contributed by atoms with van der Waals surface area (Å²) in [5.41, 5.74) is 2.51. The third-order valence-corrected chi connectivity index (χ3v) is 3.51. The molecule has 1 aromatic rings. The highest BCUT2D eigenvalue weighted by Crippen LogP contribution is 2.29. The average molecular weight is 243 g/mol. The van der Waals surface area contributed by atoms with Gasteiger partial charge in [-0.1, -0.05) is 42.0 Å². The van der Waals surface area contributed by atoms with E-state index in [4.69, 9.17) is 0 Å². The van der Waals surface area contributed by atoms with Crippen molar-refractivity contribution in [3.05, 3.63) is 47.5 Å². The van der Waals surface area contributed by atoms with Crippen molar-refractivity contribution < 1.29 is 4.79 Å². The number of hydrogen-bond donors (Lipinski definition) is 0. The van der Waals surface area contributed by atoms with Gasteiger partial charge < -0.3 is 4.90 Å². The number of carbonyl (C=O) groups is 1. The highest BCUT2D eigenvalue weighted by molar-refractivity contribution is 5.79. The quantitative estimate of drug-likeness (QED) is 0.743. The minimum atomic E-state index is 0.175. The first-order valence-electron chi connectivity index (χ1n) is 6.57. The van der Waals surface area contributed by atoms with Crippen LogP contribution in [0.3, 0.4) is 0 Å². The molecule has 0 bridgehead atoms. The van der Waals surface area contributed by atoms with Gasteiger partial charge in [0, 0.05) is 18.9 Å². The van der Waals surface area contributed by atoms with Crippen molar-refractivity contribution in [3.8, 4) is 0 Å². The summed E-state index contributed by atoms with van der Waals surface area (Å²) in [6.45, 7) is 7.14. The predicted molar refractivity (Wildman–Crippen MR) is 74.1 cm³/mol. The number of allylic oxidation sites excluding steroid dienone is 1. The Bertz CT molecular complexity index is 445. The molecule has 1 aliphatic heterocycles. The molecular formula is C16H21NO. The SMILES string of the molecule is CC(C)=C[C@@H]1CC(=O)N([C@@H](C)c2ccccc2)C1. The van der Waals surface area contributed by atoms with Crippen molar-refractivity contribution in [1.29, 1.82) is 0 Å². The Hall–Kier alpha value is -1.57. The van der Waals surface area contributed by atoms with Crippen molar-refractivity contribution in [3.63, 3.8) is 0 Å². The number of amides is 1. The summed E-state index contributed by atoms with van der Waals surface area (Å²) in [4.78, 5) is 14.1. The lowest BCUT2D eigenvalue weighted by atomic mass is 10.1. The molecule has 96 valence electrons. The Kier molecular flexibility index (Phi) is 3.85. The molecule has 1 saturated heterocycles. The van der Waals surface area contributed by atoms with Crippen LogP contribution in [0.4, 0.5) is 0 Å². The fourth-order valence-corrected chi connectivity index (χ4v) is 2.63. The highest BCUT2D eigenvalue weighted by Gasteiger charge is 2.31. The molecule has 2 atom stereocenters. The first kappa shape index (κ1) is 12.9. The minimum absolute atomic E-state index is 0.175. The van der Waals surface area contributed by atoms with Crippen molar-refractivity contribution in [2.75, 3.05) is 6.54 Å². The van der Waals surface area contributed by atoms with Crippen LogP contribution >= 0.6 is 0 Å². The zero-order valence-corrected chi connectivity index (χ0v) is 11.4. The van der Waals surface area contributed by atoms with E-state index in [-0.39, 0.29) is 11.9 Å². The molecule has 2 heteroatoms. The molecule has 1 heterocycles. The number of nitrogens with zero attached hydrogens (tertiary/aromatic N) is 1. The fourth-order valence-electron chi connectivity index (χ4n) is 2.63. The molecule has 0 saturated carbocycles. The van der Waals surface area contributed by atoms with Crippen LogP contribution < -0.4 is 0 Å². The maximum atomic E-state index is 12.1. The van der Waals surface area contributed by atoms with Crippen LogP contribution in [0.1, 0.15) is 38.8 Å². The molecule has 1 aromatic carbocycles. The molecule has 0 unspecified atom stereocenters. The Morgan fingerprint density at radius 2 is 2.00 bits per heavy atom. The highest BCUT2D eigenvalue weighted by atomic mass is 16.2. The van der Waals surface area contributed by atoms with Crippen LogP contribution in [0.15, 0.2) is 42.0 Å². The van der Waals surface area contributed by atoms with Gasteiger partial charge in [0.15, 0.2) is 0 Å². The van der Waals surface area contributed by atoms with E-state index in [2.05, 4.69) is 39.0 Å². The van der Waals surface area contributed by atoms with Gasteiger partial charge in [-0.2, -0.15) is 0 Å². The summed E-state index contributed by atoms with van der Waals surface area (Å²) < 4.78 is 0. The molecule has 0 radical (unpaired) electrons. The van der Waals surface area contributed by atoms with Gasteiger partial charge in [-0.3, -0.25) is 4.79 Å². The molecule has 2 rings (SSSR count). The van der Waals surface area contributed by atoms with Gasteiger partial charge in [0.1, 0.15) is 0 Å². The lowest BCUT2D eigenvalue weighted by molar-refractivity contribution is -0.129. The van der Waals surface area contributed by atoms with Gasteiger partial charge in [0.25, 0.3) is 0 Å². The maximum Gasteiger partial charge on any atom is 0.223 e. The first-order chi connectivity index (χ1) is 8.58. The van der Waals surface area contributed by atoms with Crippen LogP contribution in [0, 0.1) is 5.92 Å². The monoisotopic (exact) mass is 243 g/mol. The number of carbonyl (C=O) groups excluding carboxylic acids is 1. The van der Waals surface area contributed by atoms with Crippen LogP contribution in [0.25, 0.3) is 0 Å². The molecule has 2 nitrogen and oxygen atoms in total. The van der Waals surface area contributed by atoms with E-state index < -0.39 is 0 Å². The molecular weight excluding hydrogens is 222 g/mol. The third-order valence-electron chi connectivity index (χ3n) is 3.51. The van der Waals surface area contributed by atoms with Gasteiger partial charge in [-0.15, -0.1) is 0 Å². The van der Waals surface area contributed by atoms with Gasteiger partial charge >= 0.3 is 0 Å². The molecule has 0 spiro atoms. The summed E-state index contributed by atoms with van der Waals surface area (Å²) >= 11 is 0. The van der Waals surface area contributed by atoms with Crippen LogP contribution in [0.5, 0.6) is 0 Å². The second-order valence-electron chi connectivity index (χ2n) is 5.34. The molecule has 1 fully saturated rings. The van der Waals surface area contributed by atoms with E-state index in [1.807, 2.05) is 23.1 Å². The summed E-state index contributed by atoms with van der Waals surface area (Å²) in [5.74, 6) is 0.655. The van der Waals surface area contributed by atoms with Crippen molar-refractivity contribution in [2.45, 2.75) is 33.2 Å². The second-order valence-corrected chi connectivity index (χ2v) is 5.34. The topological polar surface area (TPSA) is 20.3 Å². The zero-order valence-electron chi connectivity index (χ0n) is 11.4. The second kappa shape index (κ2) is 5.38. The predicted octanol–water partition coefficient (Wildman–Crippen LogP) is 3.56. The van der Waals surface area contributed by atoms with Crippen molar-refractivity contribution in [1.82, 2.24) is 4.90 Å². The third kappa shape index (κ3) is 2.81. The maximum absolute atomic E-state index is 12.1. The van der Waals surface area contributed by atoms with E-state index in [9.17, 15) is 4.79 Å². The standard InChI is InChI=1S/C16H21NO/c1-12(2)9-14-10-16(18)17(11-14)13(3)15-7-5-4-6-8-15/h4-9,13-14H,10-11H2,1-3H3/t13-,14+/m0/s1. The lowest BCUT2D eigenvalue weighted by Gasteiger charge is -2.25. The van der Waals surface area contributed by atoms with Gasteiger partial charge in [0.05, 0.1) is 6.04 Å². The first-order valence-corrected chi connectivity index (χ1v) is 6.57. The number of hydrogen-bond acceptors (Lipinski definition) is 1. The summed E-state index contributed by atoms with van der Waals surface area (Å²) in [5, 5.41) is 0. The van der Waals surface area contributed by atoms with Gasteiger partial charge in [-0.25, -0.2) is 0 Å². The Morgan fingerprint density at radius 1 is 1.33 bits per heavy atom. The van der Waals surface area contributed by atoms with Crippen molar-refractivity contribution in [2.24, 2.45) is 5.92 Å². The average Bonchev–Trinajstić information content (AvgIpc) is 2.69. The van der Waals surface area contributed by atoms with E-state index >= 15 is 0 Å². The summed E-state index contributed by atoms with van der Waals surface area (Å²) in [7, 11) is 0. The molecule has 0 aromatic heterocycles. The Balaban J connectivity index is 2.11. The van der Waals surface area contributed by atoms with Crippen molar-refractivity contribution >= 4 is 5.91 Å². The smallest absolute Gasteiger partial charge is 0.223 e. The molecule has 0 aliphatic carbocycles. The fraction of sp³-hybridized carbons (Fsp3) is 0.438. The molecule has 0 N–H and O–H groups in total. The van der Waals surface area contributed by atoms with Gasteiger partial charge in [-0.05, 0) is 26.3 Å². The van der Waals surface area contributed by atoms with Gasteiger partial charge in [0.2, 0.25) is 5.91 Å². The summed E-state index contributed by atoms with van der Waals surface area (Å²) in [6.07, 6.45) is 2.87. The number of likely N-dealkylation sites (tertiary alicyclic amines) is 1. The van der Waals surface area contributed by atoms with E-state index in [0.29, 0.717) is 12.3 Å². The van der Waals surface area contributed by atoms with E-state index in [1.165, 1.54) is 11.1 Å². The zero-order chi connectivity index (χ0) is 13.1. The molecule has 18 heavy (non-hydrogen) atoms. The van der Waals surface area contributed by atoms with Crippen LogP contribution in [-0.2, 0) is 4.79 Å². The Morgan fingerprint density at radius 3 is 2.61 bits per heavy atom. The largest absolute Gasteiger partial charge is 0.335 e. The summed E-state index contributed by atoms with van der Waals surface area (Å²) in [6, 6.07) is 10.4. The Labute approximate surface area is 109 Å². The van der Waals surface area contributed by atoms with Crippen LogP contribution in [0.2, 0.25) is 0 Å².